The molecule has 3 rings (SSSR count). The minimum absolute atomic E-state index is 0.637. The highest BCUT2D eigenvalue weighted by molar-refractivity contribution is 7.22. The number of hydrogen-bond donors (Lipinski definition) is 2. The van der Waals surface area contributed by atoms with Crippen LogP contribution < -0.4 is 11.1 Å². The average molecular weight is 291 g/mol. The van der Waals surface area contributed by atoms with Crippen LogP contribution in [0.5, 0.6) is 0 Å². The molecule has 0 atom stereocenters. The molecule has 5 heteroatoms. The number of nitrogens with zero attached hydrogens (tertiary/aromatic N) is 1. The predicted molar refractivity (Wildman–Crippen MR) is 83.9 cm³/mol. The molecular formula is C15H21N3OS. The Morgan fingerprint density at radius 3 is 3.15 bits per heavy atom. The summed E-state index contributed by atoms with van der Waals surface area (Å²) in [6.45, 7) is 3.71. The maximum atomic E-state index is 5.71. The normalized spacial score (nSPS) is 15.0. The fraction of sp³-hybridized carbons (Fsp3) is 0.533. The van der Waals surface area contributed by atoms with Gasteiger partial charge in [-0.2, -0.15) is 0 Å². The highest BCUT2D eigenvalue weighted by Crippen LogP contribution is 2.28. The second-order valence-electron chi connectivity index (χ2n) is 5.40. The summed E-state index contributed by atoms with van der Waals surface area (Å²) in [5, 5.41) is 4.09. The summed E-state index contributed by atoms with van der Waals surface area (Å²) in [5.74, 6) is 0.863. The lowest BCUT2D eigenvalue weighted by atomic mass is 10.2. The van der Waals surface area contributed by atoms with Gasteiger partial charge in [-0.1, -0.05) is 17.4 Å². The van der Waals surface area contributed by atoms with Crippen LogP contribution in [-0.2, 0) is 11.3 Å². The Labute approximate surface area is 123 Å². The minimum Gasteiger partial charge on any atom is -0.381 e. The van der Waals surface area contributed by atoms with Crippen LogP contribution in [0.2, 0.25) is 0 Å². The van der Waals surface area contributed by atoms with Crippen molar-refractivity contribution < 1.29 is 4.74 Å². The van der Waals surface area contributed by atoms with Crippen LogP contribution in [0.4, 0.5) is 5.13 Å². The average Bonchev–Trinajstić information content (AvgIpc) is 3.17. The molecule has 0 amide bonds. The number of anilines is 1. The van der Waals surface area contributed by atoms with E-state index in [0.717, 1.165) is 48.9 Å². The summed E-state index contributed by atoms with van der Waals surface area (Å²) in [6, 6.07) is 6.32. The molecule has 20 heavy (non-hydrogen) atoms. The molecule has 0 aliphatic heterocycles. The molecule has 0 unspecified atom stereocenters. The van der Waals surface area contributed by atoms with Gasteiger partial charge in [0.25, 0.3) is 0 Å². The minimum atomic E-state index is 0.637. The molecule has 4 nitrogen and oxygen atoms in total. The highest BCUT2D eigenvalue weighted by Gasteiger charge is 2.20. The Hall–Kier alpha value is -1.17. The lowest BCUT2D eigenvalue weighted by Gasteiger charge is -2.06. The second-order valence-corrected chi connectivity index (χ2v) is 6.47. The van der Waals surface area contributed by atoms with Crippen LogP contribution in [-0.4, -0.2) is 24.7 Å². The number of thiazole rings is 1. The van der Waals surface area contributed by atoms with Gasteiger partial charge >= 0.3 is 0 Å². The van der Waals surface area contributed by atoms with E-state index in [1.54, 1.807) is 11.3 Å². The predicted octanol–water partition coefficient (Wildman–Crippen LogP) is 2.78. The molecular weight excluding hydrogens is 270 g/mol. The van der Waals surface area contributed by atoms with Gasteiger partial charge in [0.05, 0.1) is 10.2 Å². The standard InChI is InChI=1S/C15H21N3OS/c16-15-18-13-5-4-12(8-14(13)20-15)9-17-6-1-7-19-10-11-2-3-11/h4-5,8,11,17H,1-3,6-7,9-10H2,(H2,16,18). The molecule has 3 N–H and O–H groups in total. The van der Waals surface area contributed by atoms with Crippen molar-refractivity contribution in [2.24, 2.45) is 5.92 Å². The summed E-state index contributed by atoms with van der Waals surface area (Å²) >= 11 is 1.54. The highest BCUT2D eigenvalue weighted by atomic mass is 32.1. The summed E-state index contributed by atoms with van der Waals surface area (Å²) in [4.78, 5) is 4.26. The van der Waals surface area contributed by atoms with Gasteiger partial charge in [0.1, 0.15) is 0 Å². The number of aromatic nitrogens is 1. The third kappa shape index (κ3) is 3.91. The van der Waals surface area contributed by atoms with Crippen molar-refractivity contribution in [1.29, 1.82) is 0 Å². The topological polar surface area (TPSA) is 60.2 Å². The number of nitrogens with one attached hydrogen (secondary N) is 1. The Kier molecular flexibility index (Phi) is 4.50. The van der Waals surface area contributed by atoms with Gasteiger partial charge in [0.2, 0.25) is 0 Å². The van der Waals surface area contributed by atoms with Gasteiger partial charge < -0.3 is 15.8 Å². The lowest BCUT2D eigenvalue weighted by Crippen LogP contribution is -2.16. The third-order valence-electron chi connectivity index (χ3n) is 3.49. The van der Waals surface area contributed by atoms with Crippen LogP contribution in [0, 0.1) is 5.92 Å². The number of hydrogen-bond acceptors (Lipinski definition) is 5. The fourth-order valence-corrected chi connectivity index (χ4v) is 2.96. The molecule has 108 valence electrons. The quantitative estimate of drug-likeness (QED) is 0.734. The first-order chi connectivity index (χ1) is 9.81. The van der Waals surface area contributed by atoms with Crippen molar-refractivity contribution in [3.63, 3.8) is 0 Å². The van der Waals surface area contributed by atoms with Crippen molar-refractivity contribution in [3.05, 3.63) is 23.8 Å². The Balaban J connectivity index is 1.35. The Morgan fingerprint density at radius 2 is 2.30 bits per heavy atom. The molecule has 0 spiro atoms. The zero-order valence-electron chi connectivity index (χ0n) is 11.6. The van der Waals surface area contributed by atoms with E-state index < -0.39 is 0 Å². The van der Waals surface area contributed by atoms with Crippen LogP contribution in [0.1, 0.15) is 24.8 Å². The number of nitrogens with two attached hydrogens (primary N) is 1. The van der Waals surface area contributed by atoms with Crippen molar-refractivity contribution in [2.75, 3.05) is 25.5 Å². The van der Waals surface area contributed by atoms with E-state index >= 15 is 0 Å². The van der Waals surface area contributed by atoms with E-state index in [2.05, 4.69) is 22.4 Å². The monoisotopic (exact) mass is 291 g/mol. The first kappa shape index (κ1) is 13.8. The van der Waals surface area contributed by atoms with E-state index in [4.69, 9.17) is 10.5 Å². The van der Waals surface area contributed by atoms with Gasteiger partial charge in [0.15, 0.2) is 5.13 Å². The van der Waals surface area contributed by atoms with Crippen molar-refractivity contribution in [1.82, 2.24) is 10.3 Å². The van der Waals surface area contributed by atoms with Gasteiger partial charge in [-0.25, -0.2) is 4.98 Å². The van der Waals surface area contributed by atoms with Crippen LogP contribution >= 0.6 is 11.3 Å². The van der Waals surface area contributed by atoms with Crippen LogP contribution in [0.15, 0.2) is 18.2 Å². The van der Waals surface area contributed by atoms with Gasteiger partial charge in [0, 0.05) is 19.8 Å². The van der Waals surface area contributed by atoms with E-state index in [1.807, 2.05) is 6.07 Å². The Bertz CT molecular complexity index is 565. The van der Waals surface area contributed by atoms with Crippen LogP contribution in [0.25, 0.3) is 10.2 Å². The number of fused-ring (bicyclic) bond motifs is 1. The number of rotatable bonds is 8. The molecule has 0 radical (unpaired) electrons. The molecule has 1 aliphatic rings. The largest absolute Gasteiger partial charge is 0.381 e. The SMILES string of the molecule is Nc1nc2ccc(CNCCCOCC3CC3)cc2s1. The molecule has 1 aromatic carbocycles. The lowest BCUT2D eigenvalue weighted by molar-refractivity contribution is 0.122. The van der Waals surface area contributed by atoms with E-state index in [1.165, 1.54) is 18.4 Å². The fourth-order valence-electron chi connectivity index (χ4n) is 2.16. The number of benzene rings is 1. The molecule has 0 saturated heterocycles. The third-order valence-corrected chi connectivity index (χ3v) is 4.34. The summed E-state index contributed by atoms with van der Waals surface area (Å²) in [5.41, 5.74) is 7.98. The molecule has 2 aromatic rings. The first-order valence-corrected chi connectivity index (χ1v) is 8.06. The zero-order chi connectivity index (χ0) is 13.8. The van der Waals surface area contributed by atoms with E-state index in [9.17, 15) is 0 Å². The molecule has 1 saturated carbocycles. The summed E-state index contributed by atoms with van der Waals surface area (Å²) in [7, 11) is 0. The van der Waals surface area contributed by atoms with E-state index in [-0.39, 0.29) is 0 Å². The molecule has 1 aliphatic carbocycles. The van der Waals surface area contributed by atoms with Crippen molar-refractivity contribution >= 4 is 26.7 Å². The zero-order valence-corrected chi connectivity index (χ0v) is 12.4. The van der Waals surface area contributed by atoms with Crippen LogP contribution in [0.3, 0.4) is 0 Å². The van der Waals surface area contributed by atoms with Crippen molar-refractivity contribution in [2.45, 2.75) is 25.8 Å². The van der Waals surface area contributed by atoms with Crippen molar-refractivity contribution in [3.8, 4) is 0 Å². The molecule has 1 aromatic heterocycles. The number of nitrogen functional groups attached to an aromatic ring is 1. The molecule has 1 fully saturated rings. The maximum Gasteiger partial charge on any atom is 0.181 e. The maximum absolute atomic E-state index is 5.71. The Morgan fingerprint density at radius 1 is 1.40 bits per heavy atom. The number of ether oxygens (including phenoxy) is 1. The van der Waals surface area contributed by atoms with Gasteiger partial charge in [-0.05, 0) is 49.4 Å². The van der Waals surface area contributed by atoms with E-state index in [0.29, 0.717) is 5.13 Å². The summed E-state index contributed by atoms with van der Waals surface area (Å²) in [6.07, 6.45) is 3.80. The molecule has 0 bridgehead atoms. The smallest absolute Gasteiger partial charge is 0.181 e. The second kappa shape index (κ2) is 6.52. The summed E-state index contributed by atoms with van der Waals surface area (Å²) < 4.78 is 6.77. The molecule has 1 heterocycles. The van der Waals surface area contributed by atoms with Gasteiger partial charge in [-0.3, -0.25) is 0 Å². The first-order valence-electron chi connectivity index (χ1n) is 7.24. The van der Waals surface area contributed by atoms with Gasteiger partial charge in [-0.15, -0.1) is 0 Å².